The molecule has 53 heavy (non-hydrogen) atoms. The fourth-order valence-electron chi connectivity index (χ4n) is 8.53. The molecule has 0 radical (unpaired) electrons. The third-order valence-electron chi connectivity index (χ3n) is 11.1. The number of nitrogens with one attached hydrogen (secondary N) is 1. The normalized spacial score (nSPS) is 16.0. The zero-order valence-corrected chi connectivity index (χ0v) is 29.8. The van der Waals surface area contributed by atoms with E-state index in [1.54, 1.807) is 30.5 Å². The first-order valence-electron chi connectivity index (χ1n) is 18.4. The van der Waals surface area contributed by atoms with Crippen LogP contribution >= 0.6 is 0 Å². The number of nitrogens with zero attached hydrogens (tertiary/aromatic N) is 1. The van der Waals surface area contributed by atoms with Crippen molar-refractivity contribution in [1.29, 1.82) is 0 Å². The number of phenols is 4. The van der Waals surface area contributed by atoms with Crippen LogP contribution in [0.4, 0.5) is 11.5 Å². The van der Waals surface area contributed by atoms with Gasteiger partial charge in [-0.2, -0.15) is 0 Å². The van der Waals surface area contributed by atoms with Gasteiger partial charge in [-0.3, -0.25) is 4.79 Å². The smallest absolute Gasteiger partial charge is 0.200 e. The topological polar surface area (TPSA) is 162 Å². The van der Waals surface area contributed by atoms with Crippen molar-refractivity contribution in [1.82, 2.24) is 4.98 Å². The molecule has 0 unspecified atom stereocenters. The van der Waals surface area contributed by atoms with E-state index in [0.29, 0.717) is 36.6 Å². The quantitative estimate of drug-likeness (QED) is 0.0664. The molecule has 0 amide bonds. The number of aliphatic hydroxyl groups excluding tert-OH is 1. The van der Waals surface area contributed by atoms with E-state index in [1.807, 2.05) is 42.5 Å². The van der Waals surface area contributed by atoms with Crippen molar-refractivity contribution in [2.45, 2.75) is 75.7 Å². The number of ether oxygens (including phenoxy) is 2. The summed E-state index contributed by atoms with van der Waals surface area (Å²) in [4.78, 5) is 19.3. The number of aryl methyl sites for hydroxylation is 2. The Hall–Kier alpha value is -5.48. The monoisotopic (exact) mass is 718 g/mol. The fraction of sp³-hybridized carbons (Fsp3) is 0.349. The van der Waals surface area contributed by atoms with Crippen LogP contribution in [0.3, 0.4) is 0 Å². The summed E-state index contributed by atoms with van der Waals surface area (Å²) in [7, 11) is 1.40. The number of ketones is 1. The molecule has 4 aromatic carbocycles. The minimum Gasteiger partial charge on any atom is -0.508 e. The summed E-state index contributed by atoms with van der Waals surface area (Å²) < 4.78 is 11.0. The molecule has 1 aliphatic heterocycles. The highest BCUT2D eigenvalue weighted by molar-refractivity contribution is 5.87. The highest BCUT2D eigenvalue weighted by Crippen LogP contribution is 2.50. The maximum Gasteiger partial charge on any atom is 0.200 e. The van der Waals surface area contributed by atoms with Gasteiger partial charge in [-0.05, 0) is 127 Å². The summed E-state index contributed by atoms with van der Waals surface area (Å²) in [5, 5.41) is 58.3. The van der Waals surface area contributed by atoms with Gasteiger partial charge in [0.25, 0.3) is 0 Å². The third kappa shape index (κ3) is 7.41. The first-order valence-corrected chi connectivity index (χ1v) is 18.4. The van der Waals surface area contributed by atoms with Gasteiger partial charge in [0, 0.05) is 29.3 Å². The van der Waals surface area contributed by atoms with E-state index >= 15 is 0 Å². The molecule has 6 N–H and O–H groups in total. The summed E-state index contributed by atoms with van der Waals surface area (Å²) in [6.45, 7) is 0.546. The number of aromatic nitrogens is 1. The Kier molecular flexibility index (Phi) is 10.3. The van der Waals surface area contributed by atoms with Crippen molar-refractivity contribution in [2.75, 3.05) is 19.0 Å². The van der Waals surface area contributed by atoms with Crippen LogP contribution in [0.15, 0.2) is 79.0 Å². The lowest BCUT2D eigenvalue weighted by Gasteiger charge is -2.40. The molecular formula is C43H46N2O8. The fourth-order valence-corrected chi connectivity index (χ4v) is 8.53. The molecule has 5 aromatic rings. The van der Waals surface area contributed by atoms with Crippen LogP contribution < -0.4 is 14.8 Å². The maximum atomic E-state index is 14.6. The molecule has 1 saturated carbocycles. The lowest BCUT2D eigenvalue weighted by molar-refractivity contribution is -0.130. The van der Waals surface area contributed by atoms with E-state index in [4.69, 9.17) is 9.47 Å². The van der Waals surface area contributed by atoms with Gasteiger partial charge in [-0.15, -0.1) is 0 Å². The molecule has 1 fully saturated rings. The molecule has 0 spiro atoms. The zero-order chi connectivity index (χ0) is 37.1. The largest absolute Gasteiger partial charge is 0.508 e. The van der Waals surface area contributed by atoms with E-state index in [0.717, 1.165) is 71.7 Å². The number of fused-ring (bicyclic) bond motifs is 2. The highest BCUT2D eigenvalue weighted by Gasteiger charge is 2.49. The number of phenolic OH excluding ortho intramolecular Hbond substituents is 4. The lowest BCUT2D eigenvalue weighted by Crippen LogP contribution is -2.45. The van der Waals surface area contributed by atoms with Crippen molar-refractivity contribution >= 4 is 28.1 Å². The van der Waals surface area contributed by atoms with Gasteiger partial charge < -0.3 is 40.3 Å². The van der Waals surface area contributed by atoms with Crippen LogP contribution in [-0.2, 0) is 29.5 Å². The van der Waals surface area contributed by atoms with E-state index in [2.05, 4.69) is 10.3 Å². The van der Waals surface area contributed by atoms with Crippen LogP contribution in [0, 0.1) is 5.92 Å². The predicted octanol–water partition coefficient (Wildman–Crippen LogP) is 7.76. The molecule has 0 bridgehead atoms. The SMILES string of the molecule is COc1cc(CCC(=O)[C@H]([C@H](O)CCc2ccc(O)c3c2CCCO3)C2(c3ccnc(Nc4ccc5cc(O)ccc5c4)c3)CCCC2)cc(O)c1O. The molecule has 2 aliphatic rings. The second kappa shape index (κ2) is 15.2. The van der Waals surface area contributed by atoms with Gasteiger partial charge in [0.05, 0.1) is 25.7 Å². The van der Waals surface area contributed by atoms with Crippen LogP contribution in [0.5, 0.6) is 34.5 Å². The number of hydrogen-bond donors (Lipinski definition) is 6. The number of pyridine rings is 1. The van der Waals surface area contributed by atoms with Crippen LogP contribution in [0.1, 0.15) is 67.2 Å². The van der Waals surface area contributed by atoms with Crippen molar-refractivity contribution in [3.05, 3.63) is 101 Å². The molecule has 2 heterocycles. The molecule has 2 atom stereocenters. The third-order valence-corrected chi connectivity index (χ3v) is 11.1. The zero-order valence-electron chi connectivity index (χ0n) is 29.8. The van der Waals surface area contributed by atoms with E-state index in [9.17, 15) is 30.3 Å². The number of anilines is 2. The lowest BCUT2D eigenvalue weighted by atomic mass is 9.64. The number of Topliss-reactive ketones (excluding diaryl/α,β-unsaturated/α-hetero) is 1. The van der Waals surface area contributed by atoms with Crippen molar-refractivity contribution in [3.8, 4) is 34.5 Å². The van der Waals surface area contributed by atoms with Crippen molar-refractivity contribution in [2.24, 2.45) is 5.92 Å². The van der Waals surface area contributed by atoms with Gasteiger partial charge in [0.15, 0.2) is 23.0 Å². The second-order valence-electron chi connectivity index (χ2n) is 14.4. The summed E-state index contributed by atoms with van der Waals surface area (Å²) in [6.07, 6.45) is 6.90. The van der Waals surface area contributed by atoms with Crippen LogP contribution in [0.2, 0.25) is 0 Å². The summed E-state index contributed by atoms with van der Waals surface area (Å²) in [5.74, 6) is 0.0930. The summed E-state index contributed by atoms with van der Waals surface area (Å²) >= 11 is 0. The number of carbonyl (C=O) groups is 1. The molecular weight excluding hydrogens is 672 g/mol. The van der Waals surface area contributed by atoms with Gasteiger partial charge >= 0.3 is 0 Å². The van der Waals surface area contributed by atoms with Crippen LogP contribution in [-0.4, -0.2) is 56.1 Å². The average molecular weight is 719 g/mol. The summed E-state index contributed by atoms with van der Waals surface area (Å²) in [6, 6.07) is 21.6. The first kappa shape index (κ1) is 35.9. The van der Waals surface area contributed by atoms with Crippen LogP contribution in [0.25, 0.3) is 10.8 Å². The molecule has 1 aliphatic carbocycles. The van der Waals surface area contributed by atoms with E-state index in [-0.39, 0.29) is 47.4 Å². The molecule has 10 heteroatoms. The number of carbonyl (C=O) groups excluding carboxylic acids is 1. The number of rotatable bonds is 13. The molecule has 7 rings (SSSR count). The first-order chi connectivity index (χ1) is 25.6. The Labute approximate surface area is 308 Å². The van der Waals surface area contributed by atoms with Gasteiger partial charge in [-0.1, -0.05) is 31.0 Å². The Bertz CT molecular complexity index is 2130. The average Bonchev–Trinajstić information content (AvgIpc) is 3.66. The maximum absolute atomic E-state index is 14.6. The molecule has 276 valence electrons. The highest BCUT2D eigenvalue weighted by atomic mass is 16.5. The Balaban J connectivity index is 1.20. The predicted molar refractivity (Wildman–Crippen MR) is 203 cm³/mol. The van der Waals surface area contributed by atoms with Crippen molar-refractivity contribution in [3.63, 3.8) is 0 Å². The van der Waals surface area contributed by atoms with Gasteiger partial charge in [-0.25, -0.2) is 4.98 Å². The molecule has 1 aromatic heterocycles. The summed E-state index contributed by atoms with van der Waals surface area (Å²) in [5.41, 5.74) is 3.71. The number of methoxy groups -OCH3 is 1. The molecule has 10 nitrogen and oxygen atoms in total. The standard InChI is InChI=1S/C43H46N2O8/c1-52-38-22-26(21-37(50)41(38)51)6-13-34(47)40(35(48)14-9-27-10-15-36(49)42-33(27)5-4-20-53-42)43(17-2-3-18-43)30-16-19-44-39(25-30)45-31-11-7-29-24-32(46)12-8-28(29)23-31/h7-8,10-12,15-16,19,21-25,35,40,46,48-51H,2-6,9,13-14,17-18,20H2,1H3,(H,44,45)/t35-,40-/m1/s1. The van der Waals surface area contributed by atoms with E-state index < -0.39 is 17.4 Å². The molecule has 0 saturated heterocycles. The number of benzene rings is 4. The Morgan fingerprint density at radius 3 is 2.51 bits per heavy atom. The second-order valence-corrected chi connectivity index (χ2v) is 14.4. The Morgan fingerprint density at radius 2 is 1.70 bits per heavy atom. The number of aliphatic hydroxyl groups is 1. The van der Waals surface area contributed by atoms with Gasteiger partial charge in [0.2, 0.25) is 5.75 Å². The minimum absolute atomic E-state index is 0.0777. The van der Waals surface area contributed by atoms with Gasteiger partial charge in [0.1, 0.15) is 17.4 Å². The van der Waals surface area contributed by atoms with E-state index in [1.165, 1.54) is 13.2 Å². The number of aromatic hydroxyl groups is 4. The van der Waals surface area contributed by atoms with Crippen molar-refractivity contribution < 1.29 is 39.8 Å². The number of hydrogen-bond acceptors (Lipinski definition) is 10. The Morgan fingerprint density at radius 1 is 0.906 bits per heavy atom. The minimum atomic E-state index is -0.973.